The van der Waals surface area contributed by atoms with Gasteiger partial charge in [-0.3, -0.25) is 0 Å². The number of hydrogen-bond donors (Lipinski definition) is 2. The highest BCUT2D eigenvalue weighted by Gasteiger charge is 2.08. The lowest BCUT2D eigenvalue weighted by Crippen LogP contribution is -2.08. The predicted octanol–water partition coefficient (Wildman–Crippen LogP) is 2.81. The molecule has 1 rings (SSSR count). The molecule has 0 aliphatic heterocycles. The minimum Gasteiger partial charge on any atom is -0.478 e. The fraction of sp³-hybridized carbons (Fsp3) is 0.286. The zero-order valence-corrected chi connectivity index (χ0v) is 16.1. The first-order chi connectivity index (χ1) is 13.2. The number of rotatable bonds is 9. The molecule has 152 valence electrons. The summed E-state index contributed by atoms with van der Waals surface area (Å²) in [6, 6.07) is 9.30. The maximum Gasteiger partial charge on any atom is 0.334 e. The molecule has 0 bridgehead atoms. The maximum absolute atomic E-state index is 11.6. The number of allylic oxidation sites excluding steroid dienone is 1. The fourth-order valence-corrected chi connectivity index (χ4v) is 1.53. The monoisotopic (exact) mass is 390 g/mol. The molecule has 7 heteroatoms. The van der Waals surface area contributed by atoms with Gasteiger partial charge in [-0.05, 0) is 25.8 Å². The molecule has 0 aromatic heterocycles. The van der Waals surface area contributed by atoms with Crippen LogP contribution in [0.2, 0.25) is 0 Å². The van der Waals surface area contributed by atoms with Gasteiger partial charge in [-0.15, -0.1) is 0 Å². The Morgan fingerprint density at radius 2 is 1.64 bits per heavy atom. The molecule has 7 nitrogen and oxygen atoms in total. The normalized spacial score (nSPS) is 10.2. The van der Waals surface area contributed by atoms with Crippen LogP contribution in [0.1, 0.15) is 25.8 Å². The second-order valence-electron chi connectivity index (χ2n) is 5.70. The quantitative estimate of drug-likeness (QED) is 0.493. The number of aliphatic hydroxyl groups excluding tert-OH is 1. The first kappa shape index (κ1) is 24.8. The number of hydrogen-bond acceptors (Lipinski definition) is 6. The number of carboxylic acids is 1. The van der Waals surface area contributed by atoms with E-state index in [-0.39, 0.29) is 37.4 Å². The summed E-state index contributed by atoms with van der Waals surface area (Å²) in [5, 5.41) is 16.9. The predicted molar refractivity (Wildman–Crippen MR) is 104 cm³/mol. The van der Waals surface area contributed by atoms with Crippen molar-refractivity contribution in [3.63, 3.8) is 0 Å². The van der Waals surface area contributed by atoms with Crippen molar-refractivity contribution >= 4 is 17.9 Å². The van der Waals surface area contributed by atoms with Gasteiger partial charge in [0.2, 0.25) is 0 Å². The van der Waals surface area contributed by atoms with Crippen LogP contribution in [-0.2, 0) is 30.5 Å². The average molecular weight is 390 g/mol. The summed E-state index contributed by atoms with van der Waals surface area (Å²) in [5.74, 6) is -1.98. The molecule has 1 aromatic carbocycles. The SMILES string of the molecule is C=C(C)C(=O)OCCO.C=C(CC=C(C)C(=O)O)C(=O)OCc1ccccc1. The van der Waals surface area contributed by atoms with E-state index in [2.05, 4.69) is 17.9 Å². The lowest BCUT2D eigenvalue weighted by atomic mass is 10.1. The molecule has 0 atom stereocenters. The zero-order valence-electron chi connectivity index (χ0n) is 16.1. The molecule has 0 aliphatic carbocycles. The molecule has 0 amide bonds. The van der Waals surface area contributed by atoms with Gasteiger partial charge in [-0.1, -0.05) is 49.6 Å². The maximum atomic E-state index is 11.6. The van der Waals surface area contributed by atoms with Crippen LogP contribution in [0.5, 0.6) is 0 Å². The van der Waals surface area contributed by atoms with Crippen molar-refractivity contribution in [1.82, 2.24) is 0 Å². The van der Waals surface area contributed by atoms with Crippen molar-refractivity contribution < 1.29 is 34.1 Å². The van der Waals surface area contributed by atoms with E-state index in [9.17, 15) is 14.4 Å². The van der Waals surface area contributed by atoms with Crippen molar-refractivity contribution in [3.05, 3.63) is 71.8 Å². The van der Waals surface area contributed by atoms with Gasteiger partial charge < -0.3 is 19.7 Å². The van der Waals surface area contributed by atoms with Gasteiger partial charge in [-0.25, -0.2) is 14.4 Å². The summed E-state index contributed by atoms with van der Waals surface area (Å²) >= 11 is 0. The Hall–Kier alpha value is -3.19. The number of aliphatic hydroxyl groups is 1. The molecule has 0 radical (unpaired) electrons. The van der Waals surface area contributed by atoms with Crippen molar-refractivity contribution in [3.8, 4) is 0 Å². The average Bonchev–Trinajstić information content (AvgIpc) is 2.68. The van der Waals surface area contributed by atoms with E-state index in [1.165, 1.54) is 13.0 Å². The van der Waals surface area contributed by atoms with E-state index in [4.69, 9.17) is 14.9 Å². The van der Waals surface area contributed by atoms with Gasteiger partial charge in [0.05, 0.1) is 6.61 Å². The van der Waals surface area contributed by atoms with Crippen molar-refractivity contribution in [2.75, 3.05) is 13.2 Å². The van der Waals surface area contributed by atoms with Crippen molar-refractivity contribution in [2.45, 2.75) is 26.9 Å². The Labute approximate surface area is 164 Å². The number of aliphatic carboxylic acids is 1. The molecule has 0 unspecified atom stereocenters. The van der Waals surface area contributed by atoms with Crippen LogP contribution in [0.25, 0.3) is 0 Å². The number of ether oxygens (including phenoxy) is 2. The van der Waals surface area contributed by atoms with Crippen molar-refractivity contribution in [2.24, 2.45) is 0 Å². The van der Waals surface area contributed by atoms with Gasteiger partial charge in [0.25, 0.3) is 0 Å². The Bertz CT molecular complexity index is 718. The number of benzene rings is 1. The molecular formula is C21H26O7. The first-order valence-corrected chi connectivity index (χ1v) is 8.41. The standard InChI is InChI=1S/C15H16O4.C6H10O3/c1-11(14(16)17)8-9-12(2)15(18)19-10-13-6-4-3-5-7-13;1-5(2)6(8)9-4-3-7/h3-8H,2,9-10H2,1H3,(H,16,17);7H,1,3-4H2,2H3. The largest absolute Gasteiger partial charge is 0.478 e. The van der Waals surface area contributed by atoms with E-state index < -0.39 is 17.9 Å². The van der Waals surface area contributed by atoms with Gasteiger partial charge in [0.15, 0.2) is 0 Å². The van der Waals surface area contributed by atoms with E-state index in [0.717, 1.165) is 5.56 Å². The second-order valence-corrected chi connectivity index (χ2v) is 5.70. The highest BCUT2D eigenvalue weighted by atomic mass is 16.5. The third-order valence-electron chi connectivity index (χ3n) is 3.17. The number of carbonyl (C=O) groups is 3. The number of carbonyl (C=O) groups excluding carboxylic acids is 2. The van der Waals surface area contributed by atoms with Crippen LogP contribution < -0.4 is 0 Å². The summed E-state index contributed by atoms with van der Waals surface area (Å²) < 4.78 is 9.53. The molecule has 0 aliphatic rings. The van der Waals surface area contributed by atoms with Gasteiger partial charge >= 0.3 is 17.9 Å². The summed E-state index contributed by atoms with van der Waals surface area (Å²) in [6.07, 6.45) is 1.61. The van der Waals surface area contributed by atoms with Crippen LogP contribution in [-0.4, -0.2) is 41.3 Å². The molecule has 0 saturated heterocycles. The molecular weight excluding hydrogens is 364 g/mol. The topological polar surface area (TPSA) is 110 Å². The molecule has 0 heterocycles. The lowest BCUT2D eigenvalue weighted by molar-refractivity contribution is -0.141. The minimum atomic E-state index is -1.01. The smallest absolute Gasteiger partial charge is 0.334 e. The van der Waals surface area contributed by atoms with Crippen molar-refractivity contribution in [1.29, 1.82) is 0 Å². The van der Waals surface area contributed by atoms with E-state index in [1.807, 2.05) is 30.3 Å². The molecule has 0 saturated carbocycles. The third kappa shape index (κ3) is 11.4. The first-order valence-electron chi connectivity index (χ1n) is 8.41. The summed E-state index contributed by atoms with van der Waals surface area (Å²) in [7, 11) is 0. The Balaban J connectivity index is 0.000000684. The Kier molecular flexibility index (Phi) is 12.4. The molecule has 28 heavy (non-hydrogen) atoms. The fourth-order valence-electron chi connectivity index (χ4n) is 1.53. The molecule has 0 fully saturated rings. The minimum absolute atomic E-state index is 0.0473. The van der Waals surface area contributed by atoms with E-state index in [1.54, 1.807) is 6.92 Å². The van der Waals surface area contributed by atoms with Crippen LogP contribution in [0, 0.1) is 0 Å². The summed E-state index contributed by atoms with van der Waals surface area (Å²) in [4.78, 5) is 32.6. The summed E-state index contributed by atoms with van der Waals surface area (Å²) in [5.41, 5.74) is 1.65. The van der Waals surface area contributed by atoms with Crippen LogP contribution >= 0.6 is 0 Å². The Morgan fingerprint density at radius 1 is 1.04 bits per heavy atom. The highest BCUT2D eigenvalue weighted by molar-refractivity contribution is 5.89. The lowest BCUT2D eigenvalue weighted by Gasteiger charge is -2.05. The number of carboxylic acid groups (broad SMARTS) is 1. The van der Waals surface area contributed by atoms with Gasteiger partial charge in [0.1, 0.15) is 13.2 Å². The zero-order chi connectivity index (χ0) is 21.5. The molecule has 2 N–H and O–H groups in total. The Morgan fingerprint density at radius 3 is 2.14 bits per heavy atom. The van der Waals surface area contributed by atoms with E-state index >= 15 is 0 Å². The van der Waals surface area contributed by atoms with Crippen LogP contribution in [0.15, 0.2) is 66.3 Å². The summed E-state index contributed by atoms with van der Waals surface area (Å²) in [6.45, 7) is 10.0. The third-order valence-corrected chi connectivity index (χ3v) is 3.17. The van der Waals surface area contributed by atoms with Crippen LogP contribution in [0.4, 0.5) is 0 Å². The van der Waals surface area contributed by atoms with E-state index in [0.29, 0.717) is 5.57 Å². The van der Waals surface area contributed by atoms with Crippen LogP contribution in [0.3, 0.4) is 0 Å². The number of esters is 2. The molecule has 1 aromatic rings. The highest BCUT2D eigenvalue weighted by Crippen LogP contribution is 2.08. The van der Waals surface area contributed by atoms with Gasteiger partial charge in [0, 0.05) is 16.7 Å². The molecule has 0 spiro atoms. The van der Waals surface area contributed by atoms with Gasteiger partial charge in [-0.2, -0.15) is 0 Å². The second kappa shape index (κ2) is 13.9.